The van der Waals surface area contributed by atoms with Crippen LogP contribution in [0.1, 0.15) is 22.3 Å². The van der Waals surface area contributed by atoms with Gasteiger partial charge in [0.2, 0.25) is 0 Å². The number of aromatic nitrogens is 1. The Bertz CT molecular complexity index is 1570. The number of aliphatic hydroxyl groups excluding tert-OH is 1. The Morgan fingerprint density at radius 2 is 1.74 bits per heavy atom. The minimum Gasteiger partial charge on any atom is -0.489 e. The van der Waals surface area contributed by atoms with Crippen LogP contribution >= 0.6 is 23.1 Å². The van der Waals surface area contributed by atoms with Crippen molar-refractivity contribution in [1.82, 2.24) is 9.69 Å². The molecule has 5 rings (SSSR count). The van der Waals surface area contributed by atoms with Gasteiger partial charge in [0.1, 0.15) is 12.4 Å². The summed E-state index contributed by atoms with van der Waals surface area (Å²) < 4.78 is 12.0. The fraction of sp³-hybridized carbons (Fsp3) is 0.194. The first-order valence-corrected chi connectivity index (χ1v) is 13.7. The summed E-state index contributed by atoms with van der Waals surface area (Å²) in [6, 6.07) is 26.5. The van der Waals surface area contributed by atoms with E-state index in [1.54, 1.807) is 0 Å². The summed E-state index contributed by atoms with van der Waals surface area (Å²) in [6.07, 6.45) is 0. The first kappa shape index (κ1) is 26.2. The molecule has 1 heterocycles. The van der Waals surface area contributed by atoms with Crippen molar-refractivity contribution in [2.24, 2.45) is 0 Å². The second-order valence-corrected chi connectivity index (χ2v) is 10.4. The zero-order chi connectivity index (χ0) is 26.5. The predicted octanol–water partition coefficient (Wildman–Crippen LogP) is 7.64. The molecular formula is C31H30ClN3O2S. The Kier molecular flexibility index (Phi) is 8.25. The fourth-order valence-electron chi connectivity index (χ4n) is 4.51. The molecule has 0 amide bonds. The maximum absolute atomic E-state index is 8.97. The van der Waals surface area contributed by atoms with Gasteiger partial charge in [-0.25, -0.2) is 0 Å². The lowest BCUT2D eigenvalue weighted by atomic mass is 9.96. The van der Waals surface area contributed by atoms with Crippen molar-refractivity contribution in [2.75, 3.05) is 18.5 Å². The summed E-state index contributed by atoms with van der Waals surface area (Å²) in [4.78, 5) is 0. The first-order chi connectivity index (χ1) is 18.5. The third kappa shape index (κ3) is 5.69. The zero-order valence-electron chi connectivity index (χ0n) is 21.4. The smallest absolute Gasteiger partial charge is 0.152 e. The monoisotopic (exact) mass is 543 g/mol. The van der Waals surface area contributed by atoms with Gasteiger partial charge in [-0.1, -0.05) is 60.1 Å². The maximum Gasteiger partial charge on any atom is 0.152 e. The third-order valence-electron chi connectivity index (χ3n) is 6.67. The molecule has 5 nitrogen and oxygen atoms in total. The van der Waals surface area contributed by atoms with Crippen LogP contribution < -0.4 is 15.4 Å². The number of halogens is 1. The molecule has 0 spiro atoms. The highest BCUT2D eigenvalue weighted by Gasteiger charge is 2.15. The molecule has 0 radical (unpaired) electrons. The fourth-order valence-corrected chi connectivity index (χ4v) is 5.55. The molecule has 0 bridgehead atoms. The number of benzene rings is 4. The highest BCUT2D eigenvalue weighted by Crippen LogP contribution is 2.39. The Balaban J connectivity index is 1.37. The maximum atomic E-state index is 8.97. The van der Waals surface area contributed by atoms with Crippen LogP contribution in [0, 0.1) is 13.8 Å². The molecule has 194 valence electrons. The van der Waals surface area contributed by atoms with Gasteiger partial charge in [-0.15, -0.1) is 0 Å². The molecule has 0 aliphatic rings. The largest absolute Gasteiger partial charge is 0.489 e. The molecule has 0 aliphatic carbocycles. The Morgan fingerprint density at radius 3 is 2.55 bits per heavy atom. The van der Waals surface area contributed by atoms with E-state index in [4.69, 9.17) is 25.8 Å². The number of nitrogens with zero attached hydrogens (tertiary/aromatic N) is 1. The van der Waals surface area contributed by atoms with E-state index in [1.165, 1.54) is 28.2 Å². The van der Waals surface area contributed by atoms with Gasteiger partial charge in [0.15, 0.2) is 5.82 Å². The van der Waals surface area contributed by atoms with Crippen LogP contribution in [0.3, 0.4) is 0 Å². The van der Waals surface area contributed by atoms with Crippen molar-refractivity contribution in [3.63, 3.8) is 0 Å². The van der Waals surface area contributed by atoms with Crippen LogP contribution in [0.2, 0.25) is 5.02 Å². The number of rotatable bonds is 10. The molecule has 0 unspecified atom stereocenters. The molecule has 0 aliphatic heterocycles. The predicted molar refractivity (Wildman–Crippen MR) is 159 cm³/mol. The van der Waals surface area contributed by atoms with Crippen molar-refractivity contribution < 1.29 is 9.84 Å². The van der Waals surface area contributed by atoms with Gasteiger partial charge in [-0.3, -0.25) is 0 Å². The molecule has 0 saturated carbocycles. The van der Waals surface area contributed by atoms with E-state index in [-0.39, 0.29) is 6.61 Å². The van der Waals surface area contributed by atoms with Crippen molar-refractivity contribution in [2.45, 2.75) is 27.0 Å². The minimum absolute atomic E-state index is 0.136. The second kappa shape index (κ2) is 12.0. The summed E-state index contributed by atoms with van der Waals surface area (Å²) >= 11 is 7.85. The number of ether oxygens (including phenoxy) is 1. The molecule has 0 saturated heterocycles. The summed E-state index contributed by atoms with van der Waals surface area (Å²) in [5.41, 5.74) is 7.86. The number of nitrogens with one attached hydrogen (secondary N) is 2. The highest BCUT2D eigenvalue weighted by atomic mass is 35.5. The molecule has 0 atom stereocenters. The lowest BCUT2D eigenvalue weighted by Crippen LogP contribution is -2.18. The summed E-state index contributed by atoms with van der Waals surface area (Å²) in [5, 5.41) is 17.3. The van der Waals surface area contributed by atoms with Gasteiger partial charge in [0.05, 0.1) is 22.0 Å². The van der Waals surface area contributed by atoms with E-state index >= 15 is 0 Å². The number of para-hydroxylation sites is 1. The molecule has 7 heteroatoms. The molecule has 3 N–H and O–H groups in total. The van der Waals surface area contributed by atoms with Gasteiger partial charge in [-0.2, -0.15) is 4.37 Å². The Hall–Kier alpha value is -3.42. The van der Waals surface area contributed by atoms with Gasteiger partial charge >= 0.3 is 0 Å². The number of hydrogen-bond acceptors (Lipinski definition) is 6. The molecule has 4 aromatic carbocycles. The number of aliphatic hydroxyl groups is 1. The quantitative estimate of drug-likeness (QED) is 0.158. The van der Waals surface area contributed by atoms with Crippen molar-refractivity contribution >= 4 is 44.7 Å². The van der Waals surface area contributed by atoms with Gasteiger partial charge in [0, 0.05) is 24.0 Å². The summed E-state index contributed by atoms with van der Waals surface area (Å²) in [5.74, 6) is 1.65. The zero-order valence-corrected chi connectivity index (χ0v) is 23.0. The molecule has 1 aromatic heterocycles. The van der Waals surface area contributed by atoms with Crippen LogP contribution in [-0.2, 0) is 13.2 Å². The molecular weight excluding hydrogens is 514 g/mol. The highest BCUT2D eigenvalue weighted by molar-refractivity contribution is 7.14. The second-order valence-electron chi connectivity index (χ2n) is 9.19. The van der Waals surface area contributed by atoms with Crippen molar-refractivity contribution in [3.8, 4) is 16.9 Å². The average Bonchev–Trinajstić information content (AvgIpc) is 3.34. The van der Waals surface area contributed by atoms with E-state index in [9.17, 15) is 0 Å². The number of fused-ring (bicyclic) bond motifs is 1. The lowest BCUT2D eigenvalue weighted by molar-refractivity contribution is 0.291. The van der Waals surface area contributed by atoms with Gasteiger partial charge < -0.3 is 20.5 Å². The summed E-state index contributed by atoms with van der Waals surface area (Å²) in [7, 11) is 0. The number of hydrogen-bond donors (Lipinski definition) is 3. The Morgan fingerprint density at radius 1 is 0.921 bits per heavy atom. The van der Waals surface area contributed by atoms with Crippen molar-refractivity contribution in [1.29, 1.82) is 0 Å². The SMILES string of the molecule is Cc1cc(OCc2cccc(-c3cccc4c(Nc5ccccc5Cl)nsc34)c2C)ccc1CNCCO. The third-order valence-corrected chi connectivity index (χ3v) is 7.90. The lowest BCUT2D eigenvalue weighted by Gasteiger charge is -2.14. The minimum atomic E-state index is 0.136. The Labute approximate surface area is 232 Å². The van der Waals surface area contributed by atoms with Crippen LogP contribution in [-0.4, -0.2) is 22.6 Å². The molecule has 38 heavy (non-hydrogen) atoms. The standard InChI is InChI=1S/C31H30ClN3O2S/c1-20-17-24(14-13-22(20)18-33-15-16-36)37-19-23-7-5-8-25(21(23)2)26-9-6-10-27-30(26)38-35-31(27)34-29-12-4-3-11-28(29)32/h3-14,17,33,36H,15-16,18-19H2,1-2H3,(H,34,35). The van der Waals surface area contributed by atoms with E-state index in [2.05, 4.69) is 73.0 Å². The number of anilines is 2. The van der Waals surface area contributed by atoms with E-state index in [1.807, 2.05) is 30.3 Å². The van der Waals surface area contributed by atoms with Crippen LogP contribution in [0.25, 0.3) is 21.2 Å². The first-order valence-electron chi connectivity index (χ1n) is 12.6. The normalized spacial score (nSPS) is 11.2. The van der Waals surface area contributed by atoms with Crippen LogP contribution in [0.4, 0.5) is 11.5 Å². The topological polar surface area (TPSA) is 66.4 Å². The number of aryl methyl sites for hydroxylation is 1. The van der Waals surface area contributed by atoms with Crippen LogP contribution in [0.15, 0.2) is 78.9 Å². The van der Waals surface area contributed by atoms with E-state index in [0.29, 0.717) is 18.2 Å². The van der Waals surface area contributed by atoms with Gasteiger partial charge in [0.25, 0.3) is 0 Å². The summed E-state index contributed by atoms with van der Waals surface area (Å²) in [6.45, 7) is 6.17. The van der Waals surface area contributed by atoms with E-state index in [0.717, 1.165) is 50.6 Å². The molecule has 0 fully saturated rings. The van der Waals surface area contributed by atoms with E-state index < -0.39 is 0 Å². The van der Waals surface area contributed by atoms with Crippen LogP contribution in [0.5, 0.6) is 5.75 Å². The van der Waals surface area contributed by atoms with Crippen molar-refractivity contribution in [3.05, 3.63) is 106 Å². The average molecular weight is 544 g/mol. The van der Waals surface area contributed by atoms with Gasteiger partial charge in [-0.05, 0) is 83.5 Å². The molecule has 5 aromatic rings.